The Bertz CT molecular complexity index is 778. The van der Waals surface area contributed by atoms with Crippen molar-refractivity contribution in [3.05, 3.63) is 22.8 Å². The fourth-order valence-corrected chi connectivity index (χ4v) is 2.74. The van der Waals surface area contributed by atoms with Crippen molar-refractivity contribution in [3.8, 4) is 6.07 Å². The van der Waals surface area contributed by atoms with E-state index in [-0.39, 0.29) is 0 Å². The van der Waals surface area contributed by atoms with Crippen LogP contribution in [0.25, 0.3) is 4.13 Å². The molecular weight excluding hydrogens is 406 g/mol. The van der Waals surface area contributed by atoms with Gasteiger partial charge in [-0.3, -0.25) is 0 Å². The molecule has 1 rings (SSSR count). The summed E-state index contributed by atoms with van der Waals surface area (Å²) in [5, 5.41) is 8.26. The molecule has 0 aliphatic rings. The first kappa shape index (κ1) is 23.1. The van der Waals surface area contributed by atoms with Crippen molar-refractivity contribution < 1.29 is 47.7 Å². The van der Waals surface area contributed by atoms with Gasteiger partial charge in [-0.05, 0) is 0 Å². The lowest BCUT2D eigenvalue weighted by atomic mass is 10.5. The molecule has 0 aliphatic heterocycles. The highest BCUT2D eigenvalue weighted by Crippen LogP contribution is 2.36. The van der Waals surface area contributed by atoms with Gasteiger partial charge in [0.15, 0.2) is 20.0 Å². The van der Waals surface area contributed by atoms with Gasteiger partial charge >= 0.3 is 11.0 Å². The van der Waals surface area contributed by atoms with Crippen LogP contribution in [0.4, 0.5) is 26.3 Å². The Morgan fingerprint density at radius 3 is 1.80 bits per heavy atom. The zero-order valence-electron chi connectivity index (χ0n) is 12.2. The normalized spacial score (nSPS) is 12.9. The zero-order chi connectivity index (χ0) is 20.1. The van der Waals surface area contributed by atoms with Gasteiger partial charge in [0.1, 0.15) is 18.9 Å². The van der Waals surface area contributed by atoms with Crippen LogP contribution in [0.2, 0.25) is 0 Å². The molecular formula is C9H10F6N4O4S2. The quantitative estimate of drug-likeness (QED) is 0.542. The first-order valence-electron chi connectivity index (χ1n) is 5.78. The van der Waals surface area contributed by atoms with Crippen molar-refractivity contribution in [3.63, 3.8) is 0 Å². The van der Waals surface area contributed by atoms with Gasteiger partial charge in [0.2, 0.25) is 6.33 Å². The Hall–Kier alpha value is -1.86. The summed E-state index contributed by atoms with van der Waals surface area (Å²) in [5.41, 5.74) is -12.4. The maximum Gasteiger partial charge on any atom is 0.480 e. The van der Waals surface area contributed by atoms with Gasteiger partial charge in [-0.2, -0.15) is 31.6 Å². The summed E-state index contributed by atoms with van der Waals surface area (Å²) >= 11 is 0. The largest absolute Gasteiger partial charge is 0.480 e. The molecule has 0 bridgehead atoms. The Labute approximate surface area is 138 Å². The van der Waals surface area contributed by atoms with Gasteiger partial charge in [0.05, 0.1) is 19.5 Å². The highest BCUT2D eigenvalue weighted by molar-refractivity contribution is 8.13. The average Bonchev–Trinajstić information content (AvgIpc) is 2.79. The summed E-state index contributed by atoms with van der Waals surface area (Å²) in [6, 6.07) is 2.10. The van der Waals surface area contributed by atoms with Crippen molar-refractivity contribution in [2.24, 2.45) is 7.05 Å². The van der Waals surface area contributed by atoms with Crippen LogP contribution >= 0.6 is 0 Å². The summed E-state index contributed by atoms with van der Waals surface area (Å²) in [7, 11) is -11.5. The minimum absolute atomic E-state index is 0.578. The number of hydrogen-bond donors (Lipinski definition) is 0. The second-order valence-electron chi connectivity index (χ2n) is 4.14. The summed E-state index contributed by atoms with van der Waals surface area (Å²) in [6.45, 7) is 0.789. The van der Waals surface area contributed by atoms with Gasteiger partial charge in [-0.1, -0.05) is 0 Å². The summed E-state index contributed by atoms with van der Waals surface area (Å²) < 4.78 is 113. The maximum absolute atomic E-state index is 11.4. The van der Waals surface area contributed by atoms with Gasteiger partial charge in [-0.25, -0.2) is 26.0 Å². The van der Waals surface area contributed by atoms with Gasteiger partial charge in [-0.15, -0.1) is 0 Å². The van der Waals surface area contributed by atoms with E-state index in [2.05, 4.69) is 6.07 Å². The molecule has 0 aliphatic carbocycles. The fourth-order valence-electron chi connectivity index (χ4n) is 1.03. The molecule has 0 saturated carbocycles. The minimum Gasteiger partial charge on any atom is -0.421 e. The molecule has 1 aromatic rings. The Morgan fingerprint density at radius 1 is 1.08 bits per heavy atom. The lowest BCUT2D eigenvalue weighted by Gasteiger charge is -2.22. The molecule has 0 fully saturated rings. The minimum atomic E-state index is -6.72. The Morgan fingerprint density at radius 2 is 1.52 bits per heavy atom. The van der Waals surface area contributed by atoms with E-state index in [1.165, 1.54) is 0 Å². The highest BCUT2D eigenvalue weighted by atomic mass is 32.3. The first-order valence-corrected chi connectivity index (χ1v) is 8.66. The van der Waals surface area contributed by atoms with Crippen molar-refractivity contribution in [1.29, 1.82) is 5.26 Å². The lowest BCUT2D eigenvalue weighted by Crippen LogP contribution is -2.30. The SMILES string of the molecule is C[n+]1ccn(CCC#N)c1.O=S(=O)([N-]S(=O)(=O)C(F)(F)F)C(F)(F)F. The van der Waals surface area contributed by atoms with Crippen LogP contribution in [0.1, 0.15) is 6.42 Å². The van der Waals surface area contributed by atoms with E-state index in [4.69, 9.17) is 5.26 Å². The number of rotatable bonds is 4. The highest BCUT2D eigenvalue weighted by Gasteiger charge is 2.46. The molecule has 144 valence electrons. The number of alkyl halides is 6. The van der Waals surface area contributed by atoms with E-state index in [0.717, 1.165) is 10.7 Å². The van der Waals surface area contributed by atoms with Crippen molar-refractivity contribution in [1.82, 2.24) is 4.57 Å². The standard InChI is InChI=1S/C7H10N3.C2F6NO4S2/c1-9-5-6-10(7-9)4-2-3-8;3-1(4,5)14(10,11)9-15(12,13)2(6,7)8/h5-7H,2,4H2,1H3;/q+1;-1. The van der Waals surface area contributed by atoms with Gasteiger partial charge in [0.25, 0.3) is 0 Å². The summed E-state index contributed by atoms with van der Waals surface area (Å²) in [4.78, 5) is 0. The van der Waals surface area contributed by atoms with Crippen LogP contribution in [-0.2, 0) is 33.6 Å². The molecule has 8 nitrogen and oxygen atoms in total. The molecule has 0 saturated heterocycles. The van der Waals surface area contributed by atoms with Crippen LogP contribution in [0.5, 0.6) is 0 Å². The van der Waals surface area contributed by atoms with E-state index in [1.54, 1.807) is 0 Å². The second-order valence-corrected chi connectivity index (χ2v) is 7.56. The van der Waals surface area contributed by atoms with Crippen molar-refractivity contribution >= 4 is 20.0 Å². The molecule has 1 aromatic heterocycles. The van der Waals surface area contributed by atoms with Crippen LogP contribution in [0.15, 0.2) is 18.7 Å². The van der Waals surface area contributed by atoms with Crippen LogP contribution in [0.3, 0.4) is 0 Å². The molecule has 1 heterocycles. The molecule has 0 spiro atoms. The molecule has 0 radical (unpaired) electrons. The fraction of sp³-hybridized carbons (Fsp3) is 0.556. The number of imidazole rings is 1. The van der Waals surface area contributed by atoms with Crippen molar-refractivity contribution in [2.45, 2.75) is 24.0 Å². The predicted octanol–water partition coefficient (Wildman–Crippen LogP) is 1.29. The number of nitrogens with zero attached hydrogens (tertiary/aromatic N) is 4. The van der Waals surface area contributed by atoms with E-state index in [0.29, 0.717) is 6.42 Å². The number of aromatic nitrogens is 2. The van der Waals surface area contributed by atoms with Crippen molar-refractivity contribution in [2.75, 3.05) is 0 Å². The summed E-state index contributed by atoms with van der Waals surface area (Å²) in [6.07, 6.45) is 6.45. The Balaban J connectivity index is 0.000000496. The van der Waals surface area contributed by atoms with Crippen LogP contribution in [-0.4, -0.2) is 32.4 Å². The van der Waals surface area contributed by atoms with Gasteiger partial charge in [0, 0.05) is 0 Å². The molecule has 16 heteroatoms. The van der Waals surface area contributed by atoms with E-state index in [9.17, 15) is 43.2 Å². The topological polar surface area (TPSA) is 115 Å². The number of halogens is 6. The molecule has 0 aromatic carbocycles. The predicted molar refractivity (Wildman–Crippen MR) is 69.1 cm³/mol. The third kappa shape index (κ3) is 7.27. The zero-order valence-corrected chi connectivity index (χ0v) is 13.8. The van der Waals surface area contributed by atoms with E-state index in [1.807, 2.05) is 34.9 Å². The number of nitriles is 1. The molecule has 0 amide bonds. The second kappa shape index (κ2) is 8.01. The van der Waals surface area contributed by atoms with Crippen LogP contribution < -0.4 is 4.57 Å². The van der Waals surface area contributed by atoms with E-state index >= 15 is 0 Å². The summed E-state index contributed by atoms with van der Waals surface area (Å²) in [5.74, 6) is 0. The van der Waals surface area contributed by atoms with Crippen LogP contribution in [0, 0.1) is 11.3 Å². The molecule has 0 N–H and O–H groups in total. The van der Waals surface area contributed by atoms with Gasteiger partial charge < -0.3 is 4.13 Å². The Kier molecular flexibility index (Phi) is 7.42. The first-order chi connectivity index (χ1) is 11.0. The number of hydrogen-bond acceptors (Lipinski definition) is 5. The average molecular weight is 416 g/mol. The lowest BCUT2D eigenvalue weighted by molar-refractivity contribution is -0.671. The van der Waals surface area contributed by atoms with E-state index < -0.39 is 31.1 Å². The monoisotopic (exact) mass is 416 g/mol. The molecule has 0 unspecified atom stereocenters. The third-order valence-corrected chi connectivity index (χ3v) is 4.83. The third-order valence-electron chi connectivity index (χ3n) is 2.09. The molecule has 0 atom stereocenters. The smallest absolute Gasteiger partial charge is 0.421 e. The molecule has 25 heavy (non-hydrogen) atoms. The number of aryl methyl sites for hydroxylation is 2. The maximum atomic E-state index is 11.4. The number of sulfonamides is 2.